The second-order valence-corrected chi connectivity index (χ2v) is 6.85. The van der Waals surface area contributed by atoms with Gasteiger partial charge in [-0.05, 0) is 12.1 Å². The molecular formula is C15H9ClF4N3O4S. The molecule has 1 atom stereocenters. The molecule has 149 valence electrons. The first kappa shape index (κ1) is 21.7. The normalized spacial score (nSPS) is 12.6. The van der Waals surface area contributed by atoms with Gasteiger partial charge in [0.1, 0.15) is 11.5 Å². The maximum Gasteiger partial charge on any atom is 0.431 e. The number of aromatic nitrogens is 2. The zero-order valence-electron chi connectivity index (χ0n) is 13.7. The molecule has 7 nitrogen and oxygen atoms in total. The molecule has 2 aromatic rings. The van der Waals surface area contributed by atoms with Crippen LogP contribution in [0, 0.1) is 5.82 Å². The van der Waals surface area contributed by atoms with Crippen molar-refractivity contribution in [3.05, 3.63) is 55.6 Å². The molecule has 0 aliphatic heterocycles. The van der Waals surface area contributed by atoms with Gasteiger partial charge in [-0.1, -0.05) is 11.6 Å². The van der Waals surface area contributed by atoms with Crippen LogP contribution in [0.5, 0.6) is 0 Å². The van der Waals surface area contributed by atoms with Gasteiger partial charge in [-0.2, -0.15) is 13.2 Å². The van der Waals surface area contributed by atoms with Gasteiger partial charge in [-0.25, -0.2) is 13.8 Å². The Morgan fingerprint density at radius 3 is 2.39 bits per heavy atom. The summed E-state index contributed by atoms with van der Waals surface area (Å²) < 4.78 is 53.4. The molecule has 0 bridgehead atoms. The molecule has 28 heavy (non-hydrogen) atoms. The van der Waals surface area contributed by atoms with Crippen molar-refractivity contribution in [3.63, 3.8) is 0 Å². The van der Waals surface area contributed by atoms with Crippen molar-refractivity contribution in [2.45, 2.75) is 16.3 Å². The van der Waals surface area contributed by atoms with E-state index < -0.39 is 45.8 Å². The van der Waals surface area contributed by atoms with Gasteiger partial charge < -0.3 is 5.73 Å². The highest BCUT2D eigenvalue weighted by molar-refractivity contribution is 8.01. The van der Waals surface area contributed by atoms with Gasteiger partial charge in [0.2, 0.25) is 12.2 Å². The second-order valence-electron chi connectivity index (χ2n) is 5.29. The summed E-state index contributed by atoms with van der Waals surface area (Å²) in [6, 6.07) is 1.64. The van der Waals surface area contributed by atoms with E-state index in [9.17, 15) is 36.7 Å². The van der Waals surface area contributed by atoms with Gasteiger partial charge in [0.25, 0.3) is 5.56 Å². The number of primary amides is 1. The third-order valence-corrected chi connectivity index (χ3v) is 5.04. The first-order valence-corrected chi connectivity index (χ1v) is 8.37. The number of alkyl halides is 3. The summed E-state index contributed by atoms with van der Waals surface area (Å²) in [6.07, 6.45) is -3.65. The van der Waals surface area contributed by atoms with E-state index in [2.05, 4.69) is 0 Å². The lowest BCUT2D eigenvalue weighted by Gasteiger charge is -2.15. The fraction of sp³-hybridized carbons (Fsp3) is 0.200. The predicted molar refractivity (Wildman–Crippen MR) is 91.8 cm³/mol. The highest BCUT2D eigenvalue weighted by Crippen LogP contribution is 2.33. The Hall–Kier alpha value is -2.60. The quantitative estimate of drug-likeness (QED) is 0.432. The van der Waals surface area contributed by atoms with E-state index in [1.807, 2.05) is 0 Å². The Balaban J connectivity index is 2.73. The lowest BCUT2D eigenvalue weighted by molar-refractivity contribution is -0.144. The number of thioether (sulfide) groups is 1. The Kier molecular flexibility index (Phi) is 6.04. The summed E-state index contributed by atoms with van der Waals surface area (Å²) >= 11 is 6.29. The molecule has 2 N–H and O–H groups in total. The fourth-order valence-corrected chi connectivity index (χ4v) is 3.22. The average molecular weight is 439 g/mol. The Labute approximate surface area is 162 Å². The van der Waals surface area contributed by atoms with Gasteiger partial charge in [-0.3, -0.25) is 19.0 Å². The largest absolute Gasteiger partial charge is 0.431 e. The monoisotopic (exact) mass is 438 g/mol. The van der Waals surface area contributed by atoms with Crippen molar-refractivity contribution < 1.29 is 27.2 Å². The molecule has 0 fully saturated rings. The van der Waals surface area contributed by atoms with Crippen LogP contribution >= 0.6 is 23.4 Å². The van der Waals surface area contributed by atoms with Crippen LogP contribution in [0.2, 0.25) is 5.02 Å². The summed E-state index contributed by atoms with van der Waals surface area (Å²) in [5.74, 6) is -2.27. The summed E-state index contributed by atoms with van der Waals surface area (Å²) in [5.41, 5.74) is -0.159. The van der Waals surface area contributed by atoms with Crippen molar-refractivity contribution in [2.24, 2.45) is 12.8 Å². The maximum absolute atomic E-state index is 14.3. The third-order valence-electron chi connectivity index (χ3n) is 3.46. The number of hydrogen-bond donors (Lipinski definition) is 1. The van der Waals surface area contributed by atoms with Crippen molar-refractivity contribution >= 4 is 35.6 Å². The topological polar surface area (TPSA) is 104 Å². The molecule has 1 aromatic carbocycles. The Bertz CT molecular complexity index is 1080. The highest BCUT2D eigenvalue weighted by Gasteiger charge is 2.35. The van der Waals surface area contributed by atoms with E-state index in [-0.39, 0.29) is 25.1 Å². The zero-order chi connectivity index (χ0) is 21.4. The van der Waals surface area contributed by atoms with Gasteiger partial charge in [0.15, 0.2) is 5.25 Å². The number of amides is 1. The zero-order valence-corrected chi connectivity index (χ0v) is 15.3. The van der Waals surface area contributed by atoms with Crippen molar-refractivity contribution in [1.82, 2.24) is 9.13 Å². The number of nitrogens with two attached hydrogens (primary N) is 1. The first-order valence-electron chi connectivity index (χ1n) is 7.11. The van der Waals surface area contributed by atoms with Crippen LogP contribution < -0.4 is 17.0 Å². The summed E-state index contributed by atoms with van der Waals surface area (Å²) in [5, 5.41) is -1.81. The summed E-state index contributed by atoms with van der Waals surface area (Å²) in [6.45, 7) is 0. The first-order chi connectivity index (χ1) is 12.9. The van der Waals surface area contributed by atoms with Crippen molar-refractivity contribution in [3.8, 4) is 5.69 Å². The number of carbonyl (C=O) groups excluding carboxylic acids is 2. The molecule has 13 heteroatoms. The molecule has 2 rings (SSSR count). The maximum atomic E-state index is 14.3. The average Bonchev–Trinajstić information content (AvgIpc) is 2.57. The number of rotatable bonds is 5. The molecule has 0 saturated heterocycles. The molecule has 1 radical (unpaired) electrons. The van der Waals surface area contributed by atoms with E-state index in [4.69, 9.17) is 17.3 Å². The van der Waals surface area contributed by atoms with Crippen molar-refractivity contribution in [2.75, 3.05) is 0 Å². The van der Waals surface area contributed by atoms with Gasteiger partial charge in [-0.15, -0.1) is 11.8 Å². The minimum Gasteiger partial charge on any atom is -0.368 e. The van der Waals surface area contributed by atoms with E-state index in [0.717, 1.165) is 13.1 Å². The van der Waals surface area contributed by atoms with Crippen LogP contribution in [0.1, 0.15) is 5.69 Å². The summed E-state index contributed by atoms with van der Waals surface area (Å²) in [7, 11) is 0.759. The molecule has 0 aliphatic carbocycles. The number of halogens is 5. The third kappa shape index (κ3) is 4.12. The highest BCUT2D eigenvalue weighted by atomic mass is 35.5. The SMILES string of the molecule is Cn1c(C(F)(F)F)cc(=O)n(-c2cc(SC([C]=O)C(N)=O)c(Cl)cc2F)c1=O. The van der Waals surface area contributed by atoms with Gasteiger partial charge in [0.05, 0.1) is 10.7 Å². The van der Waals surface area contributed by atoms with Gasteiger partial charge in [0, 0.05) is 18.0 Å². The van der Waals surface area contributed by atoms with Crippen LogP contribution in [-0.4, -0.2) is 26.6 Å². The molecule has 0 aliphatic rings. The second kappa shape index (κ2) is 7.80. The molecule has 0 spiro atoms. The van der Waals surface area contributed by atoms with Crippen LogP contribution in [0.25, 0.3) is 5.69 Å². The molecule has 0 saturated carbocycles. The summed E-state index contributed by atoms with van der Waals surface area (Å²) in [4.78, 5) is 46.2. The van der Waals surface area contributed by atoms with E-state index in [0.29, 0.717) is 17.8 Å². The number of hydrogen-bond acceptors (Lipinski definition) is 5. The Morgan fingerprint density at radius 2 is 1.89 bits per heavy atom. The van der Waals surface area contributed by atoms with Crippen molar-refractivity contribution in [1.29, 1.82) is 0 Å². The number of nitrogens with zero attached hydrogens (tertiary/aromatic N) is 2. The van der Waals surface area contributed by atoms with Crippen LogP contribution in [0.3, 0.4) is 0 Å². The fourth-order valence-electron chi connectivity index (χ4n) is 2.17. The minimum absolute atomic E-state index is 0.126. The van der Waals surface area contributed by atoms with E-state index in [1.165, 1.54) is 6.29 Å². The lowest BCUT2D eigenvalue weighted by atomic mass is 10.3. The number of carbonyl (C=O) groups is 1. The van der Waals surface area contributed by atoms with Gasteiger partial charge >= 0.3 is 11.9 Å². The van der Waals surface area contributed by atoms with E-state index >= 15 is 0 Å². The molecule has 1 heterocycles. The Morgan fingerprint density at radius 1 is 1.29 bits per heavy atom. The molecular weight excluding hydrogens is 430 g/mol. The van der Waals surface area contributed by atoms with E-state index in [1.54, 1.807) is 0 Å². The van der Waals surface area contributed by atoms with Crippen LogP contribution in [-0.2, 0) is 22.8 Å². The predicted octanol–water partition coefficient (Wildman–Crippen LogP) is 1.40. The standard InChI is InChI=1S/C15H9ClF4N3O4S/c1-22-11(15(18,19)20)4-12(25)23(14(22)27)8-3-9(6(16)2-7(8)17)28-10(5-24)13(21)26/h2-4,10H,1H3,(H2,21,26). The molecule has 1 amide bonds. The molecule has 1 unspecified atom stereocenters. The van der Waals surface area contributed by atoms with Crippen LogP contribution in [0.15, 0.2) is 32.7 Å². The lowest BCUT2D eigenvalue weighted by Crippen LogP contribution is -2.41. The minimum atomic E-state index is -4.99. The smallest absolute Gasteiger partial charge is 0.368 e. The van der Waals surface area contributed by atoms with Crippen LogP contribution in [0.4, 0.5) is 17.6 Å². The molecule has 1 aromatic heterocycles. The number of benzene rings is 1.